The summed E-state index contributed by atoms with van der Waals surface area (Å²) in [6.07, 6.45) is 0.821. The van der Waals surface area contributed by atoms with E-state index in [0.29, 0.717) is 12.5 Å². The lowest BCUT2D eigenvalue weighted by Gasteiger charge is -2.08. The van der Waals surface area contributed by atoms with Gasteiger partial charge in [-0.15, -0.1) is 0 Å². The molecular formula is C18H22NO2S. The van der Waals surface area contributed by atoms with Crippen LogP contribution in [0.5, 0.6) is 0 Å². The van der Waals surface area contributed by atoms with Crippen molar-refractivity contribution in [1.29, 1.82) is 0 Å². The molecule has 3 nitrogen and oxygen atoms in total. The van der Waals surface area contributed by atoms with Gasteiger partial charge in [0.25, 0.3) is 0 Å². The topological polar surface area (TPSA) is 46.2 Å². The molecule has 0 heterocycles. The molecule has 2 aromatic rings. The van der Waals surface area contributed by atoms with Gasteiger partial charge in [0.2, 0.25) is 0 Å². The predicted molar refractivity (Wildman–Crippen MR) is 92.5 cm³/mol. The maximum atomic E-state index is 10.4. The maximum absolute atomic E-state index is 10.4. The van der Waals surface area contributed by atoms with Crippen LogP contribution in [0.3, 0.4) is 0 Å². The molecule has 117 valence electrons. The number of hydrogen-bond donors (Lipinski definition) is 2. The van der Waals surface area contributed by atoms with E-state index < -0.39 is 10.7 Å². The first-order valence-corrected chi connectivity index (χ1v) is 8.77. The molecule has 0 aromatic heterocycles. The fourth-order valence-corrected chi connectivity index (χ4v) is 2.61. The Kier molecular flexibility index (Phi) is 6.16. The first kappa shape index (κ1) is 16.7. The van der Waals surface area contributed by atoms with E-state index in [-0.39, 0.29) is 5.88 Å². The van der Waals surface area contributed by atoms with Gasteiger partial charge in [-0.25, -0.2) is 8.42 Å². The van der Waals surface area contributed by atoms with Crippen LogP contribution in [0.25, 0.3) is 11.1 Å². The van der Waals surface area contributed by atoms with Crippen LogP contribution in [0, 0.1) is 6.92 Å². The molecule has 2 aromatic carbocycles. The summed E-state index contributed by atoms with van der Waals surface area (Å²) in [7, 11) is -2.34. The summed E-state index contributed by atoms with van der Waals surface area (Å²) in [5, 5.41) is 2.89. The van der Waals surface area contributed by atoms with Crippen molar-refractivity contribution in [3.63, 3.8) is 0 Å². The lowest BCUT2D eigenvalue weighted by atomic mass is 9.98. The van der Waals surface area contributed by atoms with E-state index in [2.05, 4.69) is 67.7 Å². The van der Waals surface area contributed by atoms with Gasteiger partial charge in [-0.05, 0) is 41.5 Å². The van der Waals surface area contributed by atoms with Crippen LogP contribution >= 0.6 is 0 Å². The molecule has 0 spiro atoms. The third-order valence-corrected chi connectivity index (χ3v) is 4.08. The van der Waals surface area contributed by atoms with Crippen LogP contribution in [0.4, 0.5) is 0 Å². The first-order valence-electron chi connectivity index (χ1n) is 7.41. The molecule has 2 rings (SSSR count). The quantitative estimate of drug-likeness (QED) is 0.610. The summed E-state index contributed by atoms with van der Waals surface area (Å²) in [6.45, 7) is 6.77. The Morgan fingerprint density at radius 1 is 1.00 bits per heavy atom. The smallest absolute Gasteiger partial charge is 0.153 e. The minimum atomic E-state index is -2.34. The molecule has 22 heavy (non-hydrogen) atoms. The number of benzene rings is 2. The van der Waals surface area contributed by atoms with Gasteiger partial charge in [0.1, 0.15) is 0 Å². The van der Waals surface area contributed by atoms with E-state index in [1.807, 2.05) is 0 Å². The van der Waals surface area contributed by atoms with Crippen LogP contribution in [0.15, 0.2) is 48.5 Å². The van der Waals surface area contributed by atoms with Gasteiger partial charge >= 0.3 is 0 Å². The summed E-state index contributed by atoms with van der Waals surface area (Å²) in [5.74, 6) is 0.345. The average molecular weight is 316 g/mol. The van der Waals surface area contributed by atoms with Crippen LogP contribution < -0.4 is 5.32 Å². The zero-order valence-corrected chi connectivity index (χ0v) is 13.7. The van der Waals surface area contributed by atoms with Gasteiger partial charge in [-0.2, -0.15) is 0 Å². The molecule has 0 amide bonds. The molecule has 0 saturated heterocycles. The first-order chi connectivity index (χ1) is 10.6. The molecule has 0 aliphatic heterocycles. The van der Waals surface area contributed by atoms with Crippen LogP contribution in [-0.4, -0.2) is 20.8 Å². The van der Waals surface area contributed by atoms with Gasteiger partial charge in [-0.3, -0.25) is 0 Å². The second-order valence-electron chi connectivity index (χ2n) is 5.46. The molecule has 0 aliphatic carbocycles. The average Bonchev–Trinajstić information content (AvgIpc) is 2.52. The van der Waals surface area contributed by atoms with Gasteiger partial charge in [0.15, 0.2) is 10.7 Å². The Balaban J connectivity index is 1.96. The largest absolute Gasteiger partial charge is 0.304 e. The Morgan fingerprint density at radius 2 is 1.55 bits per heavy atom. The second-order valence-corrected chi connectivity index (χ2v) is 6.44. The molecule has 0 bridgehead atoms. The molecule has 1 unspecified atom stereocenters. The molecular weight excluding hydrogens is 294 g/mol. The highest BCUT2D eigenvalue weighted by molar-refractivity contribution is 7.72. The van der Waals surface area contributed by atoms with Crippen molar-refractivity contribution in [2.24, 2.45) is 0 Å². The molecule has 0 fully saturated rings. The number of thiol groups is 1. The van der Waals surface area contributed by atoms with Gasteiger partial charge < -0.3 is 5.32 Å². The number of nitrogens with one attached hydrogen (secondary N) is 1. The monoisotopic (exact) mass is 316 g/mol. The normalized spacial score (nSPS) is 11.3. The lowest BCUT2D eigenvalue weighted by molar-refractivity contribution is 0.605. The summed E-state index contributed by atoms with van der Waals surface area (Å²) in [4.78, 5) is 0. The zero-order chi connectivity index (χ0) is 15.9. The molecule has 1 radical (unpaired) electrons. The lowest BCUT2D eigenvalue weighted by Crippen LogP contribution is -2.19. The Bertz CT molecular complexity index is 650. The van der Waals surface area contributed by atoms with Crippen molar-refractivity contribution in [1.82, 2.24) is 5.32 Å². The van der Waals surface area contributed by atoms with E-state index >= 15 is 0 Å². The summed E-state index contributed by atoms with van der Waals surface area (Å²) in [5.41, 5.74) is 4.81. The zero-order valence-electron chi connectivity index (χ0n) is 12.8. The van der Waals surface area contributed by atoms with E-state index in [1.165, 1.54) is 22.3 Å². The summed E-state index contributed by atoms with van der Waals surface area (Å²) in [6, 6.07) is 16.9. The maximum Gasteiger partial charge on any atom is 0.153 e. The number of rotatable bonds is 7. The third kappa shape index (κ3) is 4.97. The SMILES string of the molecule is [CH2]C(C)c1ccc(-c2ccc(CCNC[SH](=O)=O)cc2)cc1. The van der Waals surface area contributed by atoms with Crippen molar-refractivity contribution in [2.45, 2.75) is 19.3 Å². The van der Waals surface area contributed by atoms with E-state index in [4.69, 9.17) is 0 Å². The molecule has 0 aliphatic rings. The van der Waals surface area contributed by atoms with E-state index in [0.717, 1.165) is 6.42 Å². The Labute approximate surface area is 134 Å². The minimum absolute atomic E-state index is 0.0461. The van der Waals surface area contributed by atoms with E-state index in [9.17, 15) is 8.42 Å². The molecule has 4 heteroatoms. The second kappa shape index (κ2) is 8.11. The van der Waals surface area contributed by atoms with Crippen molar-refractivity contribution in [3.8, 4) is 11.1 Å². The highest BCUT2D eigenvalue weighted by Gasteiger charge is 2.01. The van der Waals surface area contributed by atoms with Crippen molar-refractivity contribution in [3.05, 3.63) is 66.6 Å². The standard InChI is InChI=1S/C18H22NO2S/c1-14(2)16-7-9-18(10-8-16)17-5-3-15(4-6-17)11-12-19-13-22(20)21/h3-10,14,19,22H,1,11-13H2,2H3. The molecule has 0 saturated carbocycles. The predicted octanol–water partition coefficient (Wildman–Crippen LogP) is 2.99. The van der Waals surface area contributed by atoms with Gasteiger partial charge in [-0.1, -0.05) is 55.5 Å². The van der Waals surface area contributed by atoms with Crippen molar-refractivity contribution >= 4 is 10.7 Å². The van der Waals surface area contributed by atoms with E-state index in [1.54, 1.807) is 0 Å². The fourth-order valence-electron chi connectivity index (χ4n) is 2.27. The number of hydrogen-bond acceptors (Lipinski definition) is 3. The fraction of sp³-hybridized carbons (Fsp3) is 0.278. The third-order valence-electron chi connectivity index (χ3n) is 3.60. The highest BCUT2D eigenvalue weighted by Crippen LogP contribution is 2.23. The Hall–Kier alpha value is -1.65. The summed E-state index contributed by atoms with van der Waals surface area (Å²) >= 11 is 0. The van der Waals surface area contributed by atoms with Gasteiger partial charge in [0.05, 0.1) is 5.88 Å². The van der Waals surface area contributed by atoms with Gasteiger partial charge in [0, 0.05) is 6.54 Å². The molecule has 1 atom stereocenters. The highest BCUT2D eigenvalue weighted by atomic mass is 32.2. The van der Waals surface area contributed by atoms with Crippen LogP contribution in [0.1, 0.15) is 24.0 Å². The van der Waals surface area contributed by atoms with Crippen LogP contribution in [0.2, 0.25) is 0 Å². The van der Waals surface area contributed by atoms with Crippen LogP contribution in [-0.2, 0) is 17.1 Å². The Morgan fingerprint density at radius 3 is 2.05 bits per heavy atom. The van der Waals surface area contributed by atoms with Crippen molar-refractivity contribution < 1.29 is 8.42 Å². The summed E-state index contributed by atoms with van der Waals surface area (Å²) < 4.78 is 20.9. The van der Waals surface area contributed by atoms with Crippen molar-refractivity contribution in [2.75, 3.05) is 12.4 Å². The minimum Gasteiger partial charge on any atom is -0.304 e. The molecule has 1 N–H and O–H groups in total.